The first-order chi connectivity index (χ1) is 13.1. The van der Waals surface area contributed by atoms with Gasteiger partial charge in [0.1, 0.15) is 11.6 Å². The van der Waals surface area contributed by atoms with Crippen molar-refractivity contribution >= 4 is 17.6 Å². The van der Waals surface area contributed by atoms with Crippen LogP contribution in [0.5, 0.6) is 0 Å². The SMILES string of the molecule is O=C(c1cc(N2CCNC2=O)ccc1F)N1CCC(Cc2ncc[nH]2)CC1. The van der Waals surface area contributed by atoms with Crippen molar-refractivity contribution in [2.45, 2.75) is 19.3 Å². The van der Waals surface area contributed by atoms with Gasteiger partial charge in [0.15, 0.2) is 0 Å². The van der Waals surface area contributed by atoms with E-state index in [0.29, 0.717) is 37.8 Å². The van der Waals surface area contributed by atoms with Gasteiger partial charge in [-0.25, -0.2) is 14.2 Å². The Morgan fingerprint density at radius 3 is 2.74 bits per heavy atom. The van der Waals surface area contributed by atoms with Crippen LogP contribution in [0.3, 0.4) is 0 Å². The van der Waals surface area contributed by atoms with Gasteiger partial charge in [0, 0.05) is 50.7 Å². The third-order valence-corrected chi connectivity index (χ3v) is 5.29. The number of hydrogen-bond acceptors (Lipinski definition) is 3. The van der Waals surface area contributed by atoms with E-state index >= 15 is 0 Å². The largest absolute Gasteiger partial charge is 0.349 e. The molecule has 7 nitrogen and oxygen atoms in total. The van der Waals surface area contributed by atoms with E-state index in [2.05, 4.69) is 15.3 Å². The molecule has 3 heterocycles. The molecule has 0 saturated carbocycles. The minimum absolute atomic E-state index is 0.0247. The average molecular weight is 371 g/mol. The van der Waals surface area contributed by atoms with Gasteiger partial charge in [0.25, 0.3) is 5.91 Å². The molecule has 2 aliphatic heterocycles. The van der Waals surface area contributed by atoms with Gasteiger partial charge < -0.3 is 15.2 Å². The number of anilines is 1. The molecule has 4 rings (SSSR count). The number of aromatic amines is 1. The number of amides is 3. The van der Waals surface area contributed by atoms with Crippen LogP contribution in [0.25, 0.3) is 0 Å². The summed E-state index contributed by atoms with van der Waals surface area (Å²) in [4.78, 5) is 35.3. The Kier molecular flexibility index (Phi) is 4.79. The van der Waals surface area contributed by atoms with Crippen LogP contribution in [0.4, 0.5) is 14.9 Å². The smallest absolute Gasteiger partial charge is 0.321 e. The number of hydrogen-bond donors (Lipinski definition) is 2. The second-order valence-corrected chi connectivity index (χ2v) is 7.02. The van der Waals surface area contributed by atoms with Crippen molar-refractivity contribution in [3.63, 3.8) is 0 Å². The van der Waals surface area contributed by atoms with Crippen molar-refractivity contribution in [3.8, 4) is 0 Å². The molecule has 0 unspecified atom stereocenters. The molecule has 2 fully saturated rings. The Bertz CT molecular complexity index is 831. The highest BCUT2D eigenvalue weighted by Gasteiger charge is 2.28. The number of likely N-dealkylation sites (tertiary alicyclic amines) is 1. The lowest BCUT2D eigenvalue weighted by Crippen LogP contribution is -2.39. The maximum atomic E-state index is 14.3. The Labute approximate surface area is 156 Å². The number of imidazole rings is 1. The zero-order valence-corrected chi connectivity index (χ0v) is 14.9. The van der Waals surface area contributed by atoms with Crippen molar-refractivity contribution < 1.29 is 14.0 Å². The predicted molar refractivity (Wildman–Crippen MR) is 98.1 cm³/mol. The molecule has 0 atom stereocenters. The maximum absolute atomic E-state index is 14.3. The summed E-state index contributed by atoms with van der Waals surface area (Å²) in [5.41, 5.74) is 0.569. The standard InChI is InChI=1S/C19H22FN5O2/c20-16-2-1-14(25-10-7-23-19(25)27)12-15(16)18(26)24-8-3-13(4-9-24)11-17-21-5-6-22-17/h1-2,5-6,12-13H,3-4,7-11H2,(H,21,22)(H,23,27). The van der Waals surface area contributed by atoms with Crippen LogP contribution in [-0.2, 0) is 6.42 Å². The monoisotopic (exact) mass is 371 g/mol. The fourth-order valence-corrected chi connectivity index (χ4v) is 3.76. The number of halogens is 1. The molecular formula is C19H22FN5O2. The van der Waals surface area contributed by atoms with Gasteiger partial charge in [0.05, 0.1) is 5.56 Å². The molecule has 2 saturated heterocycles. The van der Waals surface area contributed by atoms with E-state index in [0.717, 1.165) is 25.1 Å². The minimum Gasteiger partial charge on any atom is -0.349 e. The summed E-state index contributed by atoms with van der Waals surface area (Å²) in [7, 11) is 0. The van der Waals surface area contributed by atoms with Gasteiger partial charge in [-0.1, -0.05) is 0 Å². The summed E-state index contributed by atoms with van der Waals surface area (Å²) in [5, 5.41) is 2.71. The van der Waals surface area contributed by atoms with Gasteiger partial charge in [-0.2, -0.15) is 0 Å². The lowest BCUT2D eigenvalue weighted by atomic mass is 9.93. The molecular weight excluding hydrogens is 349 g/mol. The van der Waals surface area contributed by atoms with Gasteiger partial charge >= 0.3 is 6.03 Å². The van der Waals surface area contributed by atoms with E-state index in [1.165, 1.54) is 23.1 Å². The number of nitrogens with zero attached hydrogens (tertiary/aromatic N) is 3. The van der Waals surface area contributed by atoms with E-state index in [-0.39, 0.29) is 17.5 Å². The molecule has 2 N–H and O–H groups in total. The highest BCUT2D eigenvalue weighted by molar-refractivity contribution is 5.98. The summed E-state index contributed by atoms with van der Waals surface area (Å²) in [6.07, 6.45) is 6.14. The molecule has 1 aromatic carbocycles. The third-order valence-electron chi connectivity index (χ3n) is 5.29. The van der Waals surface area contributed by atoms with Crippen LogP contribution >= 0.6 is 0 Å². The van der Waals surface area contributed by atoms with Crippen molar-refractivity contribution in [2.75, 3.05) is 31.1 Å². The predicted octanol–water partition coefficient (Wildman–Crippen LogP) is 2.17. The Hall–Kier alpha value is -2.90. The molecule has 1 aromatic heterocycles. The van der Waals surface area contributed by atoms with Crippen molar-refractivity contribution in [1.29, 1.82) is 0 Å². The molecule has 3 amide bonds. The highest BCUT2D eigenvalue weighted by atomic mass is 19.1. The lowest BCUT2D eigenvalue weighted by Gasteiger charge is -2.32. The summed E-state index contributed by atoms with van der Waals surface area (Å²) in [5.74, 6) is 0.554. The fourth-order valence-electron chi connectivity index (χ4n) is 3.76. The minimum atomic E-state index is -0.555. The number of nitrogens with one attached hydrogen (secondary N) is 2. The zero-order chi connectivity index (χ0) is 18.8. The fraction of sp³-hybridized carbons (Fsp3) is 0.421. The number of aromatic nitrogens is 2. The molecule has 0 spiro atoms. The van der Waals surface area contributed by atoms with Gasteiger partial charge in [0.2, 0.25) is 0 Å². The van der Waals surface area contributed by atoms with E-state index in [1.54, 1.807) is 11.1 Å². The van der Waals surface area contributed by atoms with E-state index in [9.17, 15) is 14.0 Å². The quantitative estimate of drug-likeness (QED) is 0.864. The summed E-state index contributed by atoms with van der Waals surface area (Å²) in [6, 6.07) is 4.06. The Balaban J connectivity index is 1.43. The Morgan fingerprint density at radius 1 is 1.26 bits per heavy atom. The van der Waals surface area contributed by atoms with Gasteiger partial charge in [-0.15, -0.1) is 0 Å². The van der Waals surface area contributed by atoms with Crippen LogP contribution in [0.1, 0.15) is 29.0 Å². The number of carbonyl (C=O) groups excluding carboxylic acids is 2. The molecule has 0 aliphatic carbocycles. The number of H-pyrrole nitrogens is 1. The van der Waals surface area contributed by atoms with Gasteiger partial charge in [-0.05, 0) is 37.0 Å². The summed E-state index contributed by atoms with van der Waals surface area (Å²) < 4.78 is 14.3. The number of benzene rings is 1. The number of carbonyl (C=O) groups is 2. The molecule has 2 aromatic rings. The van der Waals surface area contributed by atoms with E-state index in [1.807, 2.05) is 6.20 Å². The highest BCUT2D eigenvalue weighted by Crippen LogP contribution is 2.25. The normalized spacial score (nSPS) is 18.0. The van der Waals surface area contributed by atoms with Crippen molar-refractivity contribution in [3.05, 3.63) is 47.8 Å². The topological polar surface area (TPSA) is 81.3 Å². The molecule has 0 bridgehead atoms. The second kappa shape index (κ2) is 7.38. The number of urea groups is 1. The van der Waals surface area contributed by atoms with Crippen molar-refractivity contribution in [2.24, 2.45) is 5.92 Å². The van der Waals surface area contributed by atoms with Crippen LogP contribution in [0, 0.1) is 11.7 Å². The van der Waals surface area contributed by atoms with E-state index in [4.69, 9.17) is 0 Å². The van der Waals surface area contributed by atoms with Crippen LogP contribution < -0.4 is 10.2 Å². The van der Waals surface area contributed by atoms with Crippen molar-refractivity contribution in [1.82, 2.24) is 20.2 Å². The third kappa shape index (κ3) is 3.65. The molecule has 0 radical (unpaired) electrons. The zero-order valence-electron chi connectivity index (χ0n) is 14.9. The molecule has 8 heteroatoms. The first-order valence-corrected chi connectivity index (χ1v) is 9.24. The van der Waals surface area contributed by atoms with Crippen LogP contribution in [0.15, 0.2) is 30.6 Å². The van der Waals surface area contributed by atoms with Crippen LogP contribution in [0.2, 0.25) is 0 Å². The second-order valence-electron chi connectivity index (χ2n) is 7.02. The summed E-state index contributed by atoms with van der Waals surface area (Å²) in [6.45, 7) is 2.25. The first-order valence-electron chi connectivity index (χ1n) is 9.24. The van der Waals surface area contributed by atoms with Crippen LogP contribution in [-0.4, -0.2) is 53.0 Å². The molecule has 142 valence electrons. The first kappa shape index (κ1) is 17.5. The van der Waals surface area contributed by atoms with E-state index < -0.39 is 5.82 Å². The maximum Gasteiger partial charge on any atom is 0.321 e. The van der Waals surface area contributed by atoms with Gasteiger partial charge in [-0.3, -0.25) is 9.69 Å². The lowest BCUT2D eigenvalue weighted by molar-refractivity contribution is 0.0685. The Morgan fingerprint density at radius 2 is 2.07 bits per heavy atom. The molecule has 2 aliphatic rings. The number of piperidine rings is 1. The average Bonchev–Trinajstić information content (AvgIpc) is 3.34. The molecule has 27 heavy (non-hydrogen) atoms. The summed E-state index contributed by atoms with van der Waals surface area (Å²) >= 11 is 0. The number of rotatable bonds is 4.